The van der Waals surface area contributed by atoms with Gasteiger partial charge in [-0.1, -0.05) is 59.3 Å². The zero-order valence-electron chi connectivity index (χ0n) is 17.4. The first-order valence-electron chi connectivity index (χ1n) is 9.98. The molecule has 0 saturated heterocycles. The van der Waals surface area contributed by atoms with Gasteiger partial charge in [-0.3, -0.25) is 4.79 Å². The second kappa shape index (κ2) is 9.65. The van der Waals surface area contributed by atoms with E-state index in [1.165, 1.54) is 18.1 Å². The summed E-state index contributed by atoms with van der Waals surface area (Å²) in [5, 5.41) is 30.4. The van der Waals surface area contributed by atoms with Gasteiger partial charge in [-0.2, -0.15) is 0 Å². The third-order valence-electron chi connectivity index (χ3n) is 5.19. The van der Waals surface area contributed by atoms with Crippen LogP contribution in [-0.4, -0.2) is 49.9 Å². The highest BCUT2D eigenvalue weighted by molar-refractivity contribution is 5.73. The third kappa shape index (κ3) is 5.52. The van der Waals surface area contributed by atoms with Crippen molar-refractivity contribution in [2.75, 3.05) is 13.2 Å². The fourth-order valence-electron chi connectivity index (χ4n) is 3.34. The third-order valence-corrected chi connectivity index (χ3v) is 5.19. The van der Waals surface area contributed by atoms with Gasteiger partial charge < -0.3 is 15.5 Å². The predicted octanol–water partition coefficient (Wildman–Crippen LogP) is 2.09. The number of benzene rings is 2. The number of carbonyl (C=O) groups excluding carboxylic acids is 1. The molecule has 30 heavy (non-hydrogen) atoms. The summed E-state index contributed by atoms with van der Waals surface area (Å²) < 4.78 is 1.82. The number of nitrogens with zero attached hydrogens (tertiary/aromatic N) is 3. The molecule has 0 spiro atoms. The maximum absolute atomic E-state index is 11.4. The Kier molecular flexibility index (Phi) is 6.97. The Hall–Kier alpha value is -3.03. The molecule has 2 aromatic carbocycles. The quantitative estimate of drug-likeness (QED) is 0.503. The highest BCUT2D eigenvalue weighted by Gasteiger charge is 2.29. The number of rotatable bonds is 9. The monoisotopic (exact) mass is 408 g/mol. The van der Waals surface area contributed by atoms with Crippen molar-refractivity contribution in [1.82, 2.24) is 20.3 Å². The summed E-state index contributed by atoms with van der Waals surface area (Å²) in [5.74, 6) is -0.276. The second-order valence-corrected chi connectivity index (χ2v) is 7.76. The zero-order valence-corrected chi connectivity index (χ0v) is 17.4. The highest BCUT2D eigenvalue weighted by atomic mass is 16.3. The first-order chi connectivity index (χ1) is 14.4. The molecule has 1 heterocycles. The molecule has 7 nitrogen and oxygen atoms in total. The van der Waals surface area contributed by atoms with Gasteiger partial charge in [0.1, 0.15) is 5.69 Å². The van der Waals surface area contributed by atoms with Crippen molar-refractivity contribution in [3.63, 3.8) is 0 Å². The van der Waals surface area contributed by atoms with Crippen LogP contribution in [0.4, 0.5) is 0 Å². The van der Waals surface area contributed by atoms with Crippen molar-refractivity contribution in [2.24, 2.45) is 0 Å². The Bertz CT molecular complexity index is 961. The Balaban J connectivity index is 1.63. The topological polar surface area (TPSA) is 100 Å². The molecule has 1 amide bonds. The van der Waals surface area contributed by atoms with Crippen molar-refractivity contribution >= 4 is 5.91 Å². The van der Waals surface area contributed by atoms with E-state index in [9.17, 15) is 15.0 Å². The number of aromatic nitrogens is 3. The number of amides is 1. The Morgan fingerprint density at radius 2 is 1.67 bits per heavy atom. The van der Waals surface area contributed by atoms with Crippen molar-refractivity contribution in [2.45, 2.75) is 38.8 Å². The van der Waals surface area contributed by atoms with Gasteiger partial charge in [0, 0.05) is 12.5 Å². The number of carbonyl (C=O) groups is 1. The Labute approximate surface area is 176 Å². The van der Waals surface area contributed by atoms with Gasteiger partial charge in [-0.15, -0.1) is 5.10 Å². The van der Waals surface area contributed by atoms with Gasteiger partial charge in [-0.25, -0.2) is 4.68 Å². The summed E-state index contributed by atoms with van der Waals surface area (Å²) >= 11 is 0. The van der Waals surface area contributed by atoms with E-state index in [1.807, 2.05) is 35.1 Å². The number of aliphatic hydroxyl groups is 2. The van der Waals surface area contributed by atoms with Crippen molar-refractivity contribution in [3.05, 3.63) is 71.4 Å². The number of nitrogens with one attached hydrogen (secondary N) is 1. The second-order valence-electron chi connectivity index (χ2n) is 7.76. The molecule has 0 unspecified atom stereocenters. The van der Waals surface area contributed by atoms with Crippen LogP contribution in [-0.2, 0) is 17.8 Å². The Morgan fingerprint density at radius 3 is 2.27 bits per heavy atom. The van der Waals surface area contributed by atoms with E-state index in [0.29, 0.717) is 19.4 Å². The van der Waals surface area contributed by atoms with Gasteiger partial charge in [-0.05, 0) is 30.9 Å². The van der Waals surface area contributed by atoms with Gasteiger partial charge in [0.25, 0.3) is 0 Å². The molecular formula is C23H28N4O3. The van der Waals surface area contributed by atoms with Crippen LogP contribution >= 0.6 is 0 Å². The van der Waals surface area contributed by atoms with E-state index in [-0.39, 0.29) is 19.1 Å². The standard InChI is InChI=1S/C23H28N4O3/c1-17-3-5-20(6-4-17)13-27-14-22(25-26-27)21-9-7-19(8-10-21)11-12-23(15-28,16-29)24-18(2)30/h3-10,14,28-29H,11-13,15-16H2,1-2H3,(H,24,30). The number of aliphatic hydroxyl groups excluding tert-OH is 2. The van der Waals surface area contributed by atoms with Gasteiger partial charge in [0.2, 0.25) is 5.91 Å². The SMILES string of the molecule is CC(=O)NC(CO)(CO)CCc1ccc(-c2cn(Cc3ccc(C)cc3)nn2)cc1. The van der Waals surface area contributed by atoms with Crippen molar-refractivity contribution < 1.29 is 15.0 Å². The first-order valence-corrected chi connectivity index (χ1v) is 9.98. The van der Waals surface area contributed by atoms with Crippen molar-refractivity contribution in [1.29, 1.82) is 0 Å². The number of hydrogen-bond donors (Lipinski definition) is 3. The molecule has 0 atom stereocenters. The summed E-state index contributed by atoms with van der Waals surface area (Å²) in [6.45, 7) is 3.48. The lowest BCUT2D eigenvalue weighted by Crippen LogP contribution is -2.53. The van der Waals surface area contributed by atoms with Gasteiger partial charge in [0.05, 0.1) is 31.5 Å². The summed E-state index contributed by atoms with van der Waals surface area (Å²) in [5.41, 5.74) is 4.19. The van der Waals surface area contributed by atoms with Crippen LogP contribution in [0.1, 0.15) is 30.0 Å². The minimum atomic E-state index is -1.01. The number of hydrogen-bond acceptors (Lipinski definition) is 5. The molecule has 3 N–H and O–H groups in total. The summed E-state index contributed by atoms with van der Waals surface area (Å²) in [6.07, 6.45) is 2.97. The van der Waals surface area contributed by atoms with Crippen LogP contribution in [0.25, 0.3) is 11.3 Å². The van der Waals surface area contributed by atoms with Crippen LogP contribution in [0.3, 0.4) is 0 Å². The summed E-state index contributed by atoms with van der Waals surface area (Å²) in [6, 6.07) is 16.3. The van der Waals surface area contributed by atoms with Crippen molar-refractivity contribution in [3.8, 4) is 11.3 Å². The smallest absolute Gasteiger partial charge is 0.217 e. The predicted molar refractivity (Wildman–Crippen MR) is 115 cm³/mol. The van der Waals surface area contributed by atoms with Crippen LogP contribution in [0.2, 0.25) is 0 Å². The van der Waals surface area contributed by atoms with E-state index in [4.69, 9.17) is 0 Å². The largest absolute Gasteiger partial charge is 0.394 e. The fraction of sp³-hybridized carbons (Fsp3) is 0.348. The van der Waals surface area contributed by atoms with E-state index < -0.39 is 5.54 Å². The molecular weight excluding hydrogens is 380 g/mol. The maximum atomic E-state index is 11.4. The zero-order chi connectivity index (χ0) is 21.6. The Morgan fingerprint density at radius 1 is 1.03 bits per heavy atom. The molecule has 158 valence electrons. The minimum absolute atomic E-state index is 0.276. The molecule has 0 saturated carbocycles. The molecule has 0 aliphatic rings. The lowest BCUT2D eigenvalue weighted by atomic mass is 9.92. The normalized spacial score (nSPS) is 11.5. The summed E-state index contributed by atoms with van der Waals surface area (Å²) in [7, 11) is 0. The molecule has 1 aromatic heterocycles. The molecule has 3 rings (SSSR count). The molecule has 0 radical (unpaired) electrons. The molecule has 0 aliphatic carbocycles. The van der Waals surface area contributed by atoms with Crippen LogP contribution in [0, 0.1) is 6.92 Å². The molecule has 0 bridgehead atoms. The number of aryl methyl sites for hydroxylation is 2. The average Bonchev–Trinajstić information content (AvgIpc) is 3.21. The highest BCUT2D eigenvalue weighted by Crippen LogP contribution is 2.20. The molecule has 0 aliphatic heterocycles. The van der Waals surface area contributed by atoms with E-state index >= 15 is 0 Å². The van der Waals surface area contributed by atoms with E-state index in [0.717, 1.165) is 16.8 Å². The van der Waals surface area contributed by atoms with Crippen LogP contribution in [0.5, 0.6) is 0 Å². The minimum Gasteiger partial charge on any atom is -0.394 e. The molecule has 0 fully saturated rings. The fourth-order valence-corrected chi connectivity index (χ4v) is 3.34. The average molecular weight is 409 g/mol. The van der Waals surface area contributed by atoms with Gasteiger partial charge >= 0.3 is 0 Å². The first kappa shape index (κ1) is 21.7. The lowest BCUT2D eigenvalue weighted by molar-refractivity contribution is -0.122. The maximum Gasteiger partial charge on any atom is 0.217 e. The summed E-state index contributed by atoms with van der Waals surface area (Å²) in [4.78, 5) is 11.4. The van der Waals surface area contributed by atoms with Gasteiger partial charge in [0.15, 0.2) is 0 Å². The lowest BCUT2D eigenvalue weighted by Gasteiger charge is -2.30. The van der Waals surface area contributed by atoms with E-state index in [1.54, 1.807) is 0 Å². The van der Waals surface area contributed by atoms with E-state index in [2.05, 4.69) is 46.8 Å². The molecule has 7 heteroatoms. The molecule has 3 aromatic rings. The van der Waals surface area contributed by atoms with Crippen LogP contribution < -0.4 is 5.32 Å². The van der Waals surface area contributed by atoms with Crippen LogP contribution in [0.15, 0.2) is 54.7 Å².